The zero-order valence-electron chi connectivity index (χ0n) is 39.5. The third kappa shape index (κ3) is 42.9. The molecule has 0 aromatic rings. The number of hydrogen-bond donors (Lipinski definition) is 6. The molecule has 15 nitrogen and oxygen atoms in total. The first-order valence-corrected chi connectivity index (χ1v) is 27.3. The molecule has 0 aromatic heterocycles. The minimum absolute atomic E-state index is 0.0735. The molecule has 0 heterocycles. The number of allylic oxidation sites excluding steroid dienone is 5. The Kier molecular flexibility index (Phi) is 40.3. The predicted molar refractivity (Wildman–Crippen MR) is 251 cm³/mol. The monoisotopic (exact) mass is 955 g/mol. The van der Waals surface area contributed by atoms with Gasteiger partial charge in [-0.25, -0.2) is 9.13 Å². The molecule has 6 atom stereocenters. The van der Waals surface area contributed by atoms with Crippen LogP contribution in [0, 0.1) is 5.92 Å². The average molecular weight is 955 g/mol. The molecule has 4 unspecified atom stereocenters. The van der Waals surface area contributed by atoms with Crippen LogP contribution in [0.15, 0.2) is 36.5 Å². The molecule has 376 valence electrons. The number of phosphoric ester groups is 2. The summed E-state index contributed by atoms with van der Waals surface area (Å²) in [6.45, 7) is 3.79. The fourth-order valence-electron chi connectivity index (χ4n) is 6.55. The number of aliphatic hydroxyl groups excluding tert-OH is 3. The number of rotatable bonds is 45. The summed E-state index contributed by atoms with van der Waals surface area (Å²) in [7, 11) is -9.77. The van der Waals surface area contributed by atoms with Crippen molar-refractivity contribution in [1.82, 2.24) is 0 Å². The number of ether oxygens (including phenoxy) is 2. The first-order chi connectivity index (χ1) is 30.6. The van der Waals surface area contributed by atoms with Crippen molar-refractivity contribution in [3.05, 3.63) is 36.5 Å². The number of phosphoric acid groups is 2. The van der Waals surface area contributed by atoms with E-state index >= 15 is 0 Å². The molecule has 0 aliphatic carbocycles. The summed E-state index contributed by atoms with van der Waals surface area (Å²) >= 11 is 0. The van der Waals surface area contributed by atoms with Crippen LogP contribution in [-0.2, 0) is 41.8 Å². The van der Waals surface area contributed by atoms with Crippen LogP contribution in [0.5, 0.6) is 0 Å². The molecule has 0 rings (SSSR count). The molecule has 0 radical (unpaired) electrons. The lowest BCUT2D eigenvalue weighted by Crippen LogP contribution is -2.30. The summed E-state index contributed by atoms with van der Waals surface area (Å²) in [6.07, 6.45) is 33.0. The molecule has 0 fully saturated rings. The van der Waals surface area contributed by atoms with Gasteiger partial charge in [-0.1, -0.05) is 166 Å². The summed E-state index contributed by atoms with van der Waals surface area (Å²) < 4.78 is 47.7. The molecular weight excluding hydrogens is 866 g/mol. The van der Waals surface area contributed by atoms with Crippen LogP contribution < -0.4 is 0 Å². The normalized spacial score (nSPS) is 15.7. The number of carbonyl (C=O) groups excluding carboxylic acids is 2. The Morgan fingerprint density at radius 2 is 1.06 bits per heavy atom. The summed E-state index contributed by atoms with van der Waals surface area (Å²) in [6, 6.07) is 0. The van der Waals surface area contributed by atoms with Crippen LogP contribution in [0.1, 0.15) is 194 Å². The van der Waals surface area contributed by atoms with Crippen LogP contribution in [0.2, 0.25) is 0 Å². The second-order valence-corrected chi connectivity index (χ2v) is 19.6. The van der Waals surface area contributed by atoms with Crippen LogP contribution in [0.4, 0.5) is 0 Å². The van der Waals surface area contributed by atoms with Gasteiger partial charge in [-0.05, 0) is 57.3 Å². The number of unbranched alkanes of at least 4 members (excludes halogenated alkanes) is 16. The lowest BCUT2D eigenvalue weighted by atomic mass is 9.99. The zero-order valence-corrected chi connectivity index (χ0v) is 41.3. The summed E-state index contributed by atoms with van der Waals surface area (Å²) in [4.78, 5) is 52.9. The molecule has 6 N–H and O–H groups in total. The van der Waals surface area contributed by atoms with E-state index in [0.29, 0.717) is 12.8 Å². The highest BCUT2D eigenvalue weighted by atomic mass is 31.2. The highest BCUT2D eigenvalue weighted by Gasteiger charge is 2.28. The predicted octanol–water partition coefficient (Wildman–Crippen LogP) is 10.6. The van der Waals surface area contributed by atoms with Gasteiger partial charge in [0.1, 0.15) is 12.7 Å². The first kappa shape index (κ1) is 62.3. The number of carbonyl (C=O) groups is 2. The summed E-state index contributed by atoms with van der Waals surface area (Å²) in [5.41, 5.74) is 0. The van der Waals surface area contributed by atoms with Crippen molar-refractivity contribution in [2.45, 2.75) is 219 Å². The largest absolute Gasteiger partial charge is 0.472 e. The van der Waals surface area contributed by atoms with Crippen molar-refractivity contribution in [2.24, 2.45) is 5.92 Å². The van der Waals surface area contributed by atoms with Gasteiger partial charge in [0.25, 0.3) is 0 Å². The van der Waals surface area contributed by atoms with Crippen molar-refractivity contribution < 1.29 is 71.8 Å². The van der Waals surface area contributed by atoms with Gasteiger partial charge in [-0.3, -0.25) is 23.2 Å². The van der Waals surface area contributed by atoms with Crippen molar-refractivity contribution in [3.8, 4) is 0 Å². The number of hydrogen-bond acceptors (Lipinski definition) is 12. The smallest absolute Gasteiger partial charge is 0.462 e. The fourth-order valence-corrected chi connectivity index (χ4v) is 7.70. The Morgan fingerprint density at radius 3 is 1.64 bits per heavy atom. The lowest BCUT2D eigenvalue weighted by molar-refractivity contribution is -0.161. The van der Waals surface area contributed by atoms with Crippen molar-refractivity contribution in [1.29, 1.82) is 0 Å². The van der Waals surface area contributed by atoms with Gasteiger partial charge >= 0.3 is 27.6 Å². The van der Waals surface area contributed by atoms with Gasteiger partial charge in [-0.2, -0.15) is 0 Å². The molecule has 0 aromatic carbocycles. The van der Waals surface area contributed by atoms with Gasteiger partial charge in [0.05, 0.1) is 32.0 Å². The molecule has 0 saturated carbocycles. The third-order valence-electron chi connectivity index (χ3n) is 10.8. The van der Waals surface area contributed by atoms with E-state index in [9.17, 15) is 38.9 Å². The van der Waals surface area contributed by atoms with Crippen molar-refractivity contribution in [2.75, 3.05) is 26.4 Å². The van der Waals surface area contributed by atoms with Gasteiger partial charge in [0.2, 0.25) is 0 Å². The summed E-state index contributed by atoms with van der Waals surface area (Å²) in [5.74, 6) is -0.463. The molecule has 17 heteroatoms. The van der Waals surface area contributed by atoms with E-state index in [1.165, 1.54) is 89.9 Å². The van der Waals surface area contributed by atoms with Crippen molar-refractivity contribution in [3.63, 3.8) is 0 Å². The standard InChI is InChI=1S/C47H88O15P2/c1-4-6-7-8-9-10-11-17-20-23-26-29-33-44(49)45(50)34-31-36-46(51)58-39-43(40-61-64(56,57)60-38-42(48)37-59-63(53,54)55)62-47(52)35-30-27-24-21-18-15-13-12-14-16-19-22-25-28-32-41(3)5-2/h9-10,17,20,26,29,41-45,48-50H,4-8,11-16,18-19,21-25,27-28,30-40H2,1-3H3,(H,56,57)(H2,53,54,55)/b10-9-,20-17-,29-26-/t41?,42-,43+,44?,45?/m0/s1. The molecule has 0 aliphatic rings. The minimum atomic E-state index is -4.90. The second-order valence-electron chi connectivity index (χ2n) is 16.9. The molecule has 0 saturated heterocycles. The fraction of sp³-hybridized carbons (Fsp3) is 0.830. The Balaban J connectivity index is 4.66. The maximum absolute atomic E-state index is 12.7. The van der Waals surface area contributed by atoms with E-state index < -0.39 is 78.4 Å². The maximum Gasteiger partial charge on any atom is 0.472 e. The van der Waals surface area contributed by atoms with Crippen molar-refractivity contribution >= 4 is 27.6 Å². The Morgan fingerprint density at radius 1 is 0.547 bits per heavy atom. The number of esters is 2. The van der Waals surface area contributed by atoms with E-state index in [-0.39, 0.29) is 32.1 Å². The average Bonchev–Trinajstić information content (AvgIpc) is 3.25. The molecular formula is C47H88O15P2. The SMILES string of the molecule is CCCCC/C=C\C/C=C\C/C=C\CC(O)C(O)CCCC(=O)OC[C@H](COP(=O)(O)OC[C@@H](O)COP(=O)(O)O)OC(=O)CCCCCCCCCCCCCCCCC(C)CC. The van der Waals surface area contributed by atoms with Crippen LogP contribution in [0.3, 0.4) is 0 Å². The third-order valence-corrected chi connectivity index (χ3v) is 12.2. The Bertz CT molecular complexity index is 1320. The van der Waals surface area contributed by atoms with E-state index in [4.69, 9.17) is 23.8 Å². The van der Waals surface area contributed by atoms with Gasteiger partial charge in [0.15, 0.2) is 6.10 Å². The quantitative estimate of drug-likeness (QED) is 0.0144. The lowest BCUT2D eigenvalue weighted by Gasteiger charge is -2.20. The van der Waals surface area contributed by atoms with E-state index in [1.807, 2.05) is 12.2 Å². The highest BCUT2D eigenvalue weighted by Crippen LogP contribution is 2.44. The van der Waals surface area contributed by atoms with Gasteiger partial charge in [-0.15, -0.1) is 0 Å². The van der Waals surface area contributed by atoms with Crippen LogP contribution >= 0.6 is 15.6 Å². The Hall–Kier alpha value is -1.74. The molecule has 0 aliphatic heterocycles. The maximum atomic E-state index is 12.7. The van der Waals surface area contributed by atoms with Crippen LogP contribution in [-0.4, -0.2) is 92.8 Å². The topological polar surface area (TPSA) is 236 Å². The minimum Gasteiger partial charge on any atom is -0.462 e. The van der Waals surface area contributed by atoms with Gasteiger partial charge in [0, 0.05) is 12.8 Å². The molecule has 0 spiro atoms. The first-order valence-electron chi connectivity index (χ1n) is 24.2. The highest BCUT2D eigenvalue weighted by molar-refractivity contribution is 7.47. The molecule has 64 heavy (non-hydrogen) atoms. The zero-order chi connectivity index (χ0) is 47.7. The van der Waals surface area contributed by atoms with E-state index in [1.54, 1.807) is 6.08 Å². The summed E-state index contributed by atoms with van der Waals surface area (Å²) in [5, 5.41) is 30.5. The molecule has 0 bridgehead atoms. The second kappa shape index (κ2) is 41.4. The Labute approximate surface area is 385 Å². The number of aliphatic hydroxyl groups is 3. The van der Waals surface area contributed by atoms with E-state index in [2.05, 4.69) is 48.0 Å². The van der Waals surface area contributed by atoms with Gasteiger partial charge < -0.3 is 39.5 Å². The molecule has 0 amide bonds. The van der Waals surface area contributed by atoms with E-state index in [0.717, 1.165) is 44.4 Å². The van der Waals surface area contributed by atoms with Crippen LogP contribution in [0.25, 0.3) is 0 Å².